The van der Waals surface area contributed by atoms with Crippen molar-refractivity contribution in [2.24, 2.45) is 10.4 Å². The van der Waals surface area contributed by atoms with Crippen molar-refractivity contribution < 1.29 is 41.8 Å². The molecule has 15 heteroatoms. The molecule has 2 saturated heterocycles. The van der Waals surface area contributed by atoms with Crippen molar-refractivity contribution in [2.75, 3.05) is 33.4 Å². The van der Waals surface area contributed by atoms with Gasteiger partial charge >= 0.3 is 11.9 Å². The number of hydrogen-bond acceptors (Lipinski definition) is 10. The summed E-state index contributed by atoms with van der Waals surface area (Å²) < 4.78 is 65.2. The number of aliphatic carboxylic acids is 1. The lowest BCUT2D eigenvalue weighted by Gasteiger charge is -2.30. The molecule has 0 spiro atoms. The van der Waals surface area contributed by atoms with Gasteiger partial charge in [0.15, 0.2) is 22.5 Å². The Balaban J connectivity index is 1.49. The number of hydroxylamine groups is 2. The lowest BCUT2D eigenvalue weighted by molar-refractivity contribution is -0.186. The normalized spacial score (nSPS) is 24.4. The maximum Gasteiger partial charge on any atom is 0.338 e. The van der Waals surface area contributed by atoms with E-state index in [0.717, 1.165) is 18.2 Å². The van der Waals surface area contributed by atoms with Crippen LogP contribution in [-0.4, -0.2) is 89.2 Å². The highest BCUT2D eigenvalue weighted by Gasteiger charge is 2.61. The number of esters is 1. The van der Waals surface area contributed by atoms with Crippen molar-refractivity contribution in [2.45, 2.75) is 44.3 Å². The number of fused-ring (bicyclic) bond motifs is 1. The topological polar surface area (TPSA) is 117 Å². The van der Waals surface area contributed by atoms with Gasteiger partial charge in [-0.05, 0) is 26.3 Å². The predicted octanol–water partition coefficient (Wildman–Crippen LogP) is 3.38. The first kappa shape index (κ1) is 30.1. The van der Waals surface area contributed by atoms with Crippen molar-refractivity contribution >= 4 is 29.1 Å². The summed E-state index contributed by atoms with van der Waals surface area (Å²) in [5, 5.41) is 15.6. The van der Waals surface area contributed by atoms with Crippen LogP contribution in [-0.2, 0) is 19.2 Å². The number of ether oxygens (including phenoxy) is 1. The van der Waals surface area contributed by atoms with E-state index in [1.165, 1.54) is 48.4 Å². The molecule has 0 amide bonds. The highest BCUT2D eigenvalue weighted by Crippen LogP contribution is 2.42. The Morgan fingerprint density at radius 1 is 1.31 bits per heavy atom. The number of rotatable bonds is 9. The molecular weight excluding hydrogens is 582 g/mol. The third-order valence-corrected chi connectivity index (χ3v) is 8.52. The van der Waals surface area contributed by atoms with E-state index in [1.54, 1.807) is 5.38 Å². The molecule has 0 bridgehead atoms. The number of carbonyl (C=O) groups is 2. The molecule has 2 N–H and O–H groups in total. The van der Waals surface area contributed by atoms with Crippen molar-refractivity contribution in [1.29, 1.82) is 0 Å². The first-order chi connectivity index (χ1) is 19.8. The fourth-order valence-corrected chi connectivity index (χ4v) is 5.95. The molecule has 10 nitrogen and oxygen atoms in total. The second-order valence-corrected chi connectivity index (χ2v) is 11.8. The summed E-state index contributed by atoms with van der Waals surface area (Å²) in [6.07, 6.45) is 1.60. The van der Waals surface area contributed by atoms with Gasteiger partial charge in [0.25, 0.3) is 5.92 Å². The number of alkyl halides is 2. The number of thiazole rings is 1. The minimum absolute atomic E-state index is 0.0277. The number of benzene rings is 1. The Kier molecular flexibility index (Phi) is 8.13. The van der Waals surface area contributed by atoms with Crippen LogP contribution in [0.15, 0.2) is 46.0 Å². The molecule has 2 aromatic rings. The van der Waals surface area contributed by atoms with E-state index in [-0.39, 0.29) is 48.8 Å². The lowest BCUT2D eigenvalue weighted by Crippen LogP contribution is -2.46. The third kappa shape index (κ3) is 5.53. The summed E-state index contributed by atoms with van der Waals surface area (Å²) in [7, 11) is 1.12. The van der Waals surface area contributed by atoms with Crippen LogP contribution in [0.2, 0.25) is 0 Å². The molecule has 226 valence electrons. The van der Waals surface area contributed by atoms with E-state index in [1.807, 2.05) is 0 Å². The Morgan fingerprint density at radius 3 is 2.74 bits per heavy atom. The van der Waals surface area contributed by atoms with Crippen LogP contribution in [0.1, 0.15) is 36.9 Å². The number of aromatic nitrogens is 1. The van der Waals surface area contributed by atoms with Crippen molar-refractivity contribution in [3.05, 3.63) is 63.3 Å². The number of carbonyl (C=O) groups excluding carboxylic acids is 1. The highest BCUT2D eigenvalue weighted by molar-refractivity contribution is 7.11. The molecule has 0 aliphatic carbocycles. The Hall–Kier alpha value is -3.40. The van der Waals surface area contributed by atoms with E-state index in [0.29, 0.717) is 5.01 Å². The standard InChI is InChI=1S/C27H29F4N5O5S/c1-26(2,25(38)39)7-9-36-21-17(12-41-36)35(13-27(21,30)31)11-16-18(24(37)40-3)20(14-5-4-6-15(28)19(14)29)34-22(33-16)23-32-8-10-42-23/h4-6,8,10,17,20-21H,7,9,11-13H2,1-3H3,(H,33,34)(H,38,39)/t17-,20?,21+/m0/s1. The van der Waals surface area contributed by atoms with Gasteiger partial charge in [0.1, 0.15) is 12.1 Å². The number of amidine groups is 1. The minimum atomic E-state index is -3.24. The maximum atomic E-state index is 15.5. The van der Waals surface area contributed by atoms with Gasteiger partial charge in [-0.1, -0.05) is 12.1 Å². The number of likely N-dealkylation sites (tertiary alicyclic amines) is 1. The molecule has 3 atom stereocenters. The monoisotopic (exact) mass is 611 g/mol. The second kappa shape index (κ2) is 11.4. The van der Waals surface area contributed by atoms with Crippen LogP contribution in [0, 0.1) is 17.0 Å². The largest absolute Gasteiger partial charge is 0.481 e. The minimum Gasteiger partial charge on any atom is -0.481 e. The first-order valence-corrected chi connectivity index (χ1v) is 14.0. The van der Waals surface area contributed by atoms with Gasteiger partial charge < -0.3 is 15.2 Å². The Bertz CT molecular complexity index is 1430. The molecule has 2 fully saturated rings. The number of nitrogens with one attached hydrogen (secondary N) is 1. The summed E-state index contributed by atoms with van der Waals surface area (Å²) in [6.45, 7) is 1.99. The molecule has 5 rings (SSSR count). The molecular formula is C27H29F4N5O5S. The van der Waals surface area contributed by atoms with Gasteiger partial charge in [-0.25, -0.2) is 27.3 Å². The summed E-state index contributed by atoms with van der Waals surface area (Å²) in [5.74, 6) is -7.37. The van der Waals surface area contributed by atoms with Crippen molar-refractivity contribution in [3.63, 3.8) is 0 Å². The van der Waals surface area contributed by atoms with Crippen LogP contribution in [0.4, 0.5) is 17.6 Å². The average molecular weight is 612 g/mol. The number of hydrogen-bond donors (Lipinski definition) is 2. The molecule has 0 radical (unpaired) electrons. The Morgan fingerprint density at radius 2 is 2.07 bits per heavy atom. The third-order valence-electron chi connectivity index (χ3n) is 7.74. The van der Waals surface area contributed by atoms with Gasteiger partial charge in [-0.15, -0.1) is 11.3 Å². The van der Waals surface area contributed by atoms with Gasteiger partial charge in [0, 0.05) is 35.9 Å². The highest BCUT2D eigenvalue weighted by atomic mass is 32.1. The quantitative estimate of drug-likeness (QED) is 0.325. The number of carboxylic acids is 1. The molecule has 4 heterocycles. The smallest absolute Gasteiger partial charge is 0.338 e. The predicted molar refractivity (Wildman–Crippen MR) is 143 cm³/mol. The summed E-state index contributed by atoms with van der Waals surface area (Å²) in [6, 6.07) is -0.0194. The maximum absolute atomic E-state index is 15.5. The number of nitrogens with zero attached hydrogens (tertiary/aromatic N) is 4. The SMILES string of the molecule is COC(=O)C1=C(CN2CC(F)(F)[C@H]3[C@@H]2CON3CCC(C)(C)C(=O)O)NC(c2nccs2)=NC1c1cccc(F)c1F. The van der Waals surface area contributed by atoms with Crippen LogP contribution in [0.25, 0.3) is 0 Å². The molecule has 1 aromatic heterocycles. The molecule has 42 heavy (non-hydrogen) atoms. The second-order valence-electron chi connectivity index (χ2n) is 10.9. The number of methoxy groups -OCH3 is 1. The summed E-state index contributed by atoms with van der Waals surface area (Å²) in [4.78, 5) is 40.4. The molecule has 0 saturated carbocycles. The zero-order valence-corrected chi connectivity index (χ0v) is 23.8. The lowest BCUT2D eigenvalue weighted by atomic mass is 9.89. The van der Waals surface area contributed by atoms with Crippen LogP contribution in [0.3, 0.4) is 0 Å². The fourth-order valence-electron chi connectivity index (χ4n) is 5.37. The van der Waals surface area contributed by atoms with Crippen LogP contribution in [0.5, 0.6) is 0 Å². The van der Waals surface area contributed by atoms with Crippen molar-refractivity contribution in [3.8, 4) is 0 Å². The molecule has 1 unspecified atom stereocenters. The zero-order valence-electron chi connectivity index (χ0n) is 22.9. The van der Waals surface area contributed by atoms with E-state index >= 15 is 13.2 Å². The van der Waals surface area contributed by atoms with Gasteiger partial charge in [0.05, 0.1) is 37.3 Å². The van der Waals surface area contributed by atoms with Gasteiger partial charge in [-0.2, -0.15) is 5.06 Å². The first-order valence-electron chi connectivity index (χ1n) is 13.1. The van der Waals surface area contributed by atoms with E-state index in [2.05, 4.69) is 15.3 Å². The fraction of sp³-hybridized carbons (Fsp3) is 0.481. The average Bonchev–Trinajstić information content (AvgIpc) is 3.67. The number of carboxylic acid groups (broad SMARTS) is 1. The van der Waals surface area contributed by atoms with Crippen LogP contribution >= 0.6 is 11.3 Å². The molecule has 1 aromatic carbocycles. The summed E-state index contributed by atoms with van der Waals surface area (Å²) >= 11 is 1.21. The van der Waals surface area contributed by atoms with Gasteiger partial charge in [0.2, 0.25) is 0 Å². The van der Waals surface area contributed by atoms with E-state index in [9.17, 15) is 19.1 Å². The number of aliphatic imine (C=N–C) groups is 1. The molecule has 3 aliphatic rings. The van der Waals surface area contributed by atoms with Crippen molar-refractivity contribution in [1.82, 2.24) is 20.3 Å². The Labute approximate surface area is 242 Å². The summed E-state index contributed by atoms with van der Waals surface area (Å²) in [5.41, 5.74) is -1.41. The number of halogens is 4. The van der Waals surface area contributed by atoms with Crippen LogP contribution < -0.4 is 5.32 Å². The zero-order chi connectivity index (χ0) is 30.4. The van der Waals surface area contributed by atoms with Gasteiger partial charge in [-0.3, -0.25) is 19.5 Å². The van der Waals surface area contributed by atoms with E-state index in [4.69, 9.17) is 9.57 Å². The van der Waals surface area contributed by atoms with E-state index < -0.39 is 59.6 Å². The molecule has 3 aliphatic heterocycles.